The van der Waals surface area contributed by atoms with Crippen molar-refractivity contribution in [3.05, 3.63) is 72.4 Å². The van der Waals surface area contributed by atoms with E-state index in [0.717, 1.165) is 29.9 Å². The number of carbonyl (C=O) groups is 1. The van der Waals surface area contributed by atoms with Gasteiger partial charge in [0.2, 0.25) is 5.91 Å². The van der Waals surface area contributed by atoms with E-state index in [9.17, 15) is 4.79 Å². The van der Waals surface area contributed by atoms with Crippen LogP contribution in [-0.2, 0) is 17.8 Å². The highest BCUT2D eigenvalue weighted by atomic mass is 16.3. The van der Waals surface area contributed by atoms with Crippen LogP contribution in [0.1, 0.15) is 24.2 Å². The van der Waals surface area contributed by atoms with Gasteiger partial charge in [0.15, 0.2) is 0 Å². The van der Waals surface area contributed by atoms with Crippen LogP contribution in [0.4, 0.5) is 0 Å². The van der Waals surface area contributed by atoms with Gasteiger partial charge in [0.05, 0.1) is 24.9 Å². The molecular formula is C19H19N3O2. The fourth-order valence-electron chi connectivity index (χ4n) is 2.84. The predicted molar refractivity (Wildman–Crippen MR) is 89.5 cm³/mol. The van der Waals surface area contributed by atoms with Crippen LogP contribution in [0.5, 0.6) is 0 Å². The Bertz CT molecular complexity index is 788. The van der Waals surface area contributed by atoms with E-state index in [1.807, 2.05) is 53.6 Å². The first kappa shape index (κ1) is 14.8. The molecule has 1 aromatic carbocycles. The van der Waals surface area contributed by atoms with Crippen molar-refractivity contribution in [2.45, 2.75) is 31.8 Å². The Kier molecular flexibility index (Phi) is 3.91. The van der Waals surface area contributed by atoms with Crippen molar-refractivity contribution in [2.75, 3.05) is 0 Å². The van der Waals surface area contributed by atoms with Gasteiger partial charge in [-0.3, -0.25) is 4.79 Å². The summed E-state index contributed by atoms with van der Waals surface area (Å²) in [6.07, 6.45) is 7.89. The van der Waals surface area contributed by atoms with Crippen molar-refractivity contribution < 1.29 is 9.21 Å². The smallest absolute Gasteiger partial charge is 0.227 e. The van der Waals surface area contributed by atoms with Crippen LogP contribution in [0.3, 0.4) is 0 Å². The molecule has 122 valence electrons. The number of amides is 1. The van der Waals surface area contributed by atoms with Gasteiger partial charge in [-0.15, -0.1) is 0 Å². The summed E-state index contributed by atoms with van der Waals surface area (Å²) in [4.78, 5) is 14.6. The molecule has 0 N–H and O–H groups in total. The van der Waals surface area contributed by atoms with Crippen LogP contribution in [0.15, 0.2) is 65.5 Å². The molecule has 0 bridgehead atoms. The minimum atomic E-state index is 0.153. The number of furan rings is 1. The van der Waals surface area contributed by atoms with Crippen LogP contribution < -0.4 is 0 Å². The Morgan fingerprint density at radius 2 is 2.04 bits per heavy atom. The Labute approximate surface area is 140 Å². The monoisotopic (exact) mass is 321 g/mol. The van der Waals surface area contributed by atoms with Gasteiger partial charge in [0, 0.05) is 18.4 Å². The van der Waals surface area contributed by atoms with Crippen LogP contribution in [-0.4, -0.2) is 26.6 Å². The lowest BCUT2D eigenvalue weighted by atomic mass is 10.1. The molecule has 0 aliphatic heterocycles. The third-order valence-electron chi connectivity index (χ3n) is 4.27. The zero-order chi connectivity index (χ0) is 16.4. The average molecular weight is 321 g/mol. The van der Waals surface area contributed by atoms with Crippen molar-refractivity contribution in [2.24, 2.45) is 0 Å². The minimum Gasteiger partial charge on any atom is -0.467 e. The first-order valence-corrected chi connectivity index (χ1v) is 8.20. The predicted octanol–water partition coefficient (Wildman–Crippen LogP) is 3.20. The maximum absolute atomic E-state index is 12.7. The fraction of sp³-hybridized carbons (Fsp3) is 0.263. The summed E-state index contributed by atoms with van der Waals surface area (Å²) in [5.74, 6) is 0.991. The van der Waals surface area contributed by atoms with Crippen molar-refractivity contribution >= 4 is 5.91 Å². The SMILES string of the molecule is O=C(Cc1ccc(-n2cccn2)cc1)N(Cc1ccco1)C1CC1. The van der Waals surface area contributed by atoms with E-state index in [1.54, 1.807) is 17.1 Å². The van der Waals surface area contributed by atoms with Gasteiger partial charge in [-0.05, 0) is 48.7 Å². The maximum atomic E-state index is 12.7. The number of hydrogen-bond donors (Lipinski definition) is 0. The molecular weight excluding hydrogens is 302 g/mol. The lowest BCUT2D eigenvalue weighted by Gasteiger charge is -2.21. The molecule has 1 fully saturated rings. The third-order valence-corrected chi connectivity index (χ3v) is 4.27. The fourth-order valence-corrected chi connectivity index (χ4v) is 2.84. The van der Waals surface area contributed by atoms with E-state index in [0.29, 0.717) is 19.0 Å². The van der Waals surface area contributed by atoms with Crippen molar-refractivity contribution in [1.82, 2.24) is 14.7 Å². The highest BCUT2D eigenvalue weighted by molar-refractivity contribution is 5.79. The molecule has 5 heteroatoms. The van der Waals surface area contributed by atoms with Crippen LogP contribution in [0.2, 0.25) is 0 Å². The topological polar surface area (TPSA) is 51.3 Å². The number of nitrogens with zero attached hydrogens (tertiary/aromatic N) is 3. The lowest BCUT2D eigenvalue weighted by molar-refractivity contribution is -0.131. The van der Waals surface area contributed by atoms with E-state index in [1.165, 1.54) is 0 Å². The van der Waals surface area contributed by atoms with E-state index in [-0.39, 0.29) is 5.91 Å². The van der Waals surface area contributed by atoms with Gasteiger partial charge in [0.1, 0.15) is 5.76 Å². The molecule has 2 heterocycles. The van der Waals surface area contributed by atoms with Crippen molar-refractivity contribution in [1.29, 1.82) is 0 Å². The molecule has 1 saturated carbocycles. The molecule has 5 nitrogen and oxygen atoms in total. The second-order valence-electron chi connectivity index (χ2n) is 6.13. The minimum absolute atomic E-state index is 0.153. The summed E-state index contributed by atoms with van der Waals surface area (Å²) in [5, 5.41) is 4.21. The molecule has 0 unspecified atom stereocenters. The molecule has 4 rings (SSSR count). The summed E-state index contributed by atoms with van der Waals surface area (Å²) < 4.78 is 7.20. The quantitative estimate of drug-likeness (QED) is 0.700. The third kappa shape index (κ3) is 3.25. The summed E-state index contributed by atoms with van der Waals surface area (Å²) >= 11 is 0. The average Bonchev–Trinajstić information content (AvgIpc) is 3.08. The summed E-state index contributed by atoms with van der Waals surface area (Å²) in [5.41, 5.74) is 2.01. The first-order chi connectivity index (χ1) is 11.8. The van der Waals surface area contributed by atoms with Gasteiger partial charge in [-0.2, -0.15) is 5.10 Å². The summed E-state index contributed by atoms with van der Waals surface area (Å²) in [7, 11) is 0. The van der Waals surface area contributed by atoms with Crippen LogP contribution >= 0.6 is 0 Å². The van der Waals surface area contributed by atoms with Crippen molar-refractivity contribution in [3.8, 4) is 5.69 Å². The van der Waals surface area contributed by atoms with Gasteiger partial charge >= 0.3 is 0 Å². The Morgan fingerprint density at radius 1 is 1.21 bits per heavy atom. The highest BCUT2D eigenvalue weighted by Crippen LogP contribution is 2.29. The van der Waals surface area contributed by atoms with E-state index in [2.05, 4.69) is 5.10 Å². The van der Waals surface area contributed by atoms with Gasteiger partial charge < -0.3 is 9.32 Å². The lowest BCUT2D eigenvalue weighted by Crippen LogP contribution is -2.33. The van der Waals surface area contributed by atoms with E-state index >= 15 is 0 Å². The number of carbonyl (C=O) groups excluding carboxylic acids is 1. The Hall–Kier alpha value is -2.82. The molecule has 24 heavy (non-hydrogen) atoms. The van der Waals surface area contributed by atoms with Gasteiger partial charge in [-0.25, -0.2) is 4.68 Å². The number of benzene rings is 1. The molecule has 2 aromatic heterocycles. The molecule has 0 spiro atoms. The largest absolute Gasteiger partial charge is 0.467 e. The van der Waals surface area contributed by atoms with Crippen molar-refractivity contribution in [3.63, 3.8) is 0 Å². The van der Waals surface area contributed by atoms with Crippen LogP contribution in [0, 0.1) is 0 Å². The van der Waals surface area contributed by atoms with Crippen LogP contribution in [0.25, 0.3) is 5.69 Å². The Balaban J connectivity index is 1.44. The highest BCUT2D eigenvalue weighted by Gasteiger charge is 2.32. The second kappa shape index (κ2) is 6.35. The number of aromatic nitrogens is 2. The molecule has 0 radical (unpaired) electrons. The summed E-state index contributed by atoms with van der Waals surface area (Å²) in [6, 6.07) is 14.0. The van der Waals surface area contributed by atoms with E-state index < -0.39 is 0 Å². The summed E-state index contributed by atoms with van der Waals surface area (Å²) in [6.45, 7) is 0.557. The maximum Gasteiger partial charge on any atom is 0.227 e. The van der Waals surface area contributed by atoms with E-state index in [4.69, 9.17) is 4.42 Å². The second-order valence-corrected chi connectivity index (χ2v) is 6.13. The Morgan fingerprint density at radius 3 is 2.67 bits per heavy atom. The standard InChI is InChI=1S/C19H19N3O2/c23-19(21(16-8-9-16)14-18-3-1-12-24-18)13-15-4-6-17(7-5-15)22-11-2-10-20-22/h1-7,10-12,16H,8-9,13-14H2. The number of hydrogen-bond acceptors (Lipinski definition) is 3. The first-order valence-electron chi connectivity index (χ1n) is 8.20. The normalized spacial score (nSPS) is 13.8. The molecule has 1 aliphatic carbocycles. The zero-order valence-electron chi connectivity index (χ0n) is 13.3. The molecule has 1 amide bonds. The molecule has 0 atom stereocenters. The molecule has 1 aliphatic rings. The van der Waals surface area contributed by atoms with Gasteiger partial charge in [-0.1, -0.05) is 12.1 Å². The molecule has 0 saturated heterocycles. The van der Waals surface area contributed by atoms with Gasteiger partial charge in [0.25, 0.3) is 0 Å². The number of rotatable bonds is 6. The zero-order valence-corrected chi connectivity index (χ0v) is 13.3. The molecule has 3 aromatic rings.